The zero-order valence-corrected chi connectivity index (χ0v) is 20.5. The SMILES string of the molecule is Nc1nc(Cl)nc2c1ncn2[C@@H]1O[C@H](COC(Cc2cc(-c3ccccc3)no2)(C(=O)O)C(=O)O)[C@@H](O)[C@@H]1F. The van der Waals surface area contributed by atoms with E-state index in [0.717, 1.165) is 10.9 Å². The molecule has 1 saturated heterocycles. The minimum absolute atomic E-state index is 0.0267. The number of ether oxygens (including phenoxy) is 2. The molecular weight excluding hydrogens is 543 g/mol. The summed E-state index contributed by atoms with van der Waals surface area (Å²) in [6, 6.07) is 10.2. The van der Waals surface area contributed by atoms with Crippen LogP contribution >= 0.6 is 11.6 Å². The fourth-order valence-electron chi connectivity index (χ4n) is 4.19. The first-order chi connectivity index (χ1) is 18.6. The lowest BCUT2D eigenvalue weighted by molar-refractivity contribution is -0.190. The van der Waals surface area contributed by atoms with Crippen molar-refractivity contribution in [2.24, 2.45) is 0 Å². The average molecular weight is 563 g/mol. The summed E-state index contributed by atoms with van der Waals surface area (Å²) >= 11 is 5.84. The van der Waals surface area contributed by atoms with E-state index >= 15 is 4.39 Å². The third-order valence-electron chi connectivity index (χ3n) is 6.23. The van der Waals surface area contributed by atoms with Crippen LogP contribution in [0.25, 0.3) is 22.4 Å². The van der Waals surface area contributed by atoms with Crippen LogP contribution in [0.1, 0.15) is 12.0 Å². The predicted octanol–water partition coefficient (Wildman–Crippen LogP) is 1.48. The Morgan fingerprint density at radius 2 is 1.92 bits per heavy atom. The molecule has 16 heteroatoms. The van der Waals surface area contributed by atoms with Gasteiger partial charge in [0.05, 0.1) is 19.4 Å². The first kappa shape index (κ1) is 26.4. The molecule has 204 valence electrons. The number of imidazole rings is 1. The molecule has 0 bridgehead atoms. The first-order valence-corrected chi connectivity index (χ1v) is 11.7. The summed E-state index contributed by atoms with van der Waals surface area (Å²) in [5.41, 5.74) is 4.06. The van der Waals surface area contributed by atoms with Gasteiger partial charge in [-0.25, -0.2) is 19.0 Å². The Hall–Kier alpha value is -4.18. The number of benzene rings is 1. The maximum Gasteiger partial charge on any atom is 0.348 e. The van der Waals surface area contributed by atoms with E-state index in [1.165, 1.54) is 6.07 Å². The summed E-state index contributed by atoms with van der Waals surface area (Å²) in [7, 11) is 0. The van der Waals surface area contributed by atoms with E-state index < -0.39 is 55.2 Å². The molecule has 0 aliphatic carbocycles. The summed E-state index contributed by atoms with van der Waals surface area (Å²) in [5, 5.41) is 33.8. The number of aliphatic hydroxyl groups excluding tert-OH is 1. The summed E-state index contributed by atoms with van der Waals surface area (Å²) in [5.74, 6) is -3.85. The maximum atomic E-state index is 15.1. The van der Waals surface area contributed by atoms with Crippen molar-refractivity contribution in [2.45, 2.75) is 36.6 Å². The van der Waals surface area contributed by atoms with Crippen molar-refractivity contribution in [3.63, 3.8) is 0 Å². The van der Waals surface area contributed by atoms with Crippen LogP contribution in [0.4, 0.5) is 10.2 Å². The summed E-state index contributed by atoms with van der Waals surface area (Å²) in [6.07, 6.45) is -6.44. The molecule has 0 unspecified atom stereocenters. The molecule has 4 aromatic rings. The van der Waals surface area contributed by atoms with E-state index in [0.29, 0.717) is 11.3 Å². The van der Waals surface area contributed by atoms with E-state index in [9.17, 15) is 24.9 Å². The molecule has 3 aromatic heterocycles. The molecule has 1 fully saturated rings. The number of carboxylic acids is 2. The maximum absolute atomic E-state index is 15.1. The highest BCUT2D eigenvalue weighted by atomic mass is 35.5. The van der Waals surface area contributed by atoms with Gasteiger partial charge in [0.25, 0.3) is 5.60 Å². The number of hydrogen-bond acceptors (Lipinski definition) is 11. The number of fused-ring (bicyclic) bond motifs is 1. The second-order valence-electron chi connectivity index (χ2n) is 8.67. The summed E-state index contributed by atoms with van der Waals surface area (Å²) < 4.78 is 32.4. The molecule has 5 rings (SSSR count). The number of nitrogens with zero attached hydrogens (tertiary/aromatic N) is 5. The Bertz CT molecular complexity index is 1520. The van der Waals surface area contributed by atoms with Crippen molar-refractivity contribution in [2.75, 3.05) is 12.3 Å². The quantitative estimate of drug-likeness (QED) is 0.168. The fraction of sp³-hybridized carbons (Fsp3) is 0.304. The zero-order valence-electron chi connectivity index (χ0n) is 19.7. The smallest absolute Gasteiger partial charge is 0.348 e. The standard InChI is InChI=1S/C23H20ClFN6O8/c24-22-28-17(26)15-18(29-22)31(9-27-15)19-14(25)16(32)13(38-19)8-37-23(20(33)34,21(35)36)7-11-6-12(30-39-11)10-4-2-1-3-5-10/h1-6,9,13-14,16,19,32H,7-8H2,(H,33,34)(H,35,36)(H2,26,28,29)/t13-,14+,16-,19-/m1/s1. The van der Waals surface area contributed by atoms with Gasteiger partial charge < -0.3 is 35.1 Å². The van der Waals surface area contributed by atoms with Crippen LogP contribution in [0.15, 0.2) is 47.2 Å². The van der Waals surface area contributed by atoms with Crippen LogP contribution < -0.4 is 5.73 Å². The Balaban J connectivity index is 1.36. The highest BCUT2D eigenvalue weighted by Gasteiger charge is 2.52. The van der Waals surface area contributed by atoms with Crippen LogP contribution in [-0.4, -0.2) is 82.5 Å². The number of aliphatic hydroxyl groups is 1. The lowest BCUT2D eigenvalue weighted by atomic mass is 9.97. The second-order valence-corrected chi connectivity index (χ2v) is 9.01. The van der Waals surface area contributed by atoms with Gasteiger partial charge in [-0.05, 0) is 11.6 Å². The normalized spacial score (nSPS) is 21.4. The predicted molar refractivity (Wildman–Crippen MR) is 129 cm³/mol. The number of nitrogens with two attached hydrogens (primary N) is 1. The van der Waals surface area contributed by atoms with Gasteiger partial charge in [0.1, 0.15) is 29.2 Å². The highest BCUT2D eigenvalue weighted by Crippen LogP contribution is 2.35. The van der Waals surface area contributed by atoms with Gasteiger partial charge >= 0.3 is 11.9 Å². The van der Waals surface area contributed by atoms with Gasteiger partial charge in [-0.1, -0.05) is 35.5 Å². The fourth-order valence-corrected chi connectivity index (χ4v) is 4.36. The number of hydrogen-bond donors (Lipinski definition) is 4. The number of carboxylic acid groups (broad SMARTS) is 2. The Morgan fingerprint density at radius 1 is 1.21 bits per heavy atom. The molecular formula is C23H20ClFN6O8. The van der Waals surface area contributed by atoms with Gasteiger partial charge in [-0.2, -0.15) is 9.97 Å². The molecule has 39 heavy (non-hydrogen) atoms. The highest BCUT2D eigenvalue weighted by molar-refractivity contribution is 6.28. The Kier molecular flexibility index (Phi) is 6.90. The van der Waals surface area contributed by atoms with Gasteiger partial charge in [0.15, 0.2) is 23.9 Å². The monoisotopic (exact) mass is 562 g/mol. The van der Waals surface area contributed by atoms with Gasteiger partial charge in [0, 0.05) is 11.6 Å². The van der Waals surface area contributed by atoms with Crippen LogP contribution in [0, 0.1) is 0 Å². The lowest BCUT2D eigenvalue weighted by Crippen LogP contribution is -2.52. The minimum atomic E-state index is -2.86. The molecule has 1 aliphatic rings. The number of nitrogen functional groups attached to an aromatic ring is 1. The number of aliphatic carboxylic acids is 2. The van der Waals surface area contributed by atoms with Crippen LogP contribution in [0.5, 0.6) is 0 Å². The number of alkyl halides is 1. The van der Waals surface area contributed by atoms with Gasteiger partial charge in [-0.3, -0.25) is 4.57 Å². The van der Waals surface area contributed by atoms with E-state index in [2.05, 4.69) is 20.1 Å². The third kappa shape index (κ3) is 4.76. The number of carbonyl (C=O) groups is 2. The number of rotatable bonds is 9. The van der Waals surface area contributed by atoms with Crippen molar-refractivity contribution >= 4 is 40.5 Å². The molecule has 5 N–H and O–H groups in total. The van der Waals surface area contributed by atoms with E-state index in [4.69, 9.17) is 31.3 Å². The van der Waals surface area contributed by atoms with Crippen molar-refractivity contribution < 1.29 is 43.3 Å². The van der Waals surface area contributed by atoms with Crippen LogP contribution in [0.3, 0.4) is 0 Å². The van der Waals surface area contributed by atoms with Gasteiger partial charge in [0.2, 0.25) is 5.28 Å². The third-order valence-corrected chi connectivity index (χ3v) is 6.39. The Morgan fingerprint density at radius 3 is 2.62 bits per heavy atom. The minimum Gasteiger partial charge on any atom is -0.479 e. The van der Waals surface area contributed by atoms with Gasteiger partial charge in [-0.15, -0.1) is 0 Å². The molecule has 4 atom stereocenters. The van der Waals surface area contributed by atoms with Crippen LogP contribution in [0.2, 0.25) is 5.28 Å². The summed E-state index contributed by atoms with van der Waals surface area (Å²) in [6.45, 7) is -0.805. The van der Waals surface area contributed by atoms with Crippen molar-refractivity contribution in [3.05, 3.63) is 53.8 Å². The first-order valence-electron chi connectivity index (χ1n) is 11.4. The van der Waals surface area contributed by atoms with E-state index in [1.54, 1.807) is 30.3 Å². The molecule has 0 saturated carbocycles. The van der Waals surface area contributed by atoms with E-state index in [1.807, 2.05) is 0 Å². The molecule has 0 amide bonds. The molecule has 14 nitrogen and oxygen atoms in total. The average Bonchev–Trinajstić information content (AvgIpc) is 3.61. The number of anilines is 1. The molecule has 4 heterocycles. The van der Waals surface area contributed by atoms with E-state index in [-0.39, 0.29) is 28.0 Å². The Labute approximate surface area is 222 Å². The number of aromatic nitrogens is 5. The van der Waals surface area contributed by atoms with Crippen molar-refractivity contribution in [1.82, 2.24) is 24.7 Å². The lowest BCUT2D eigenvalue weighted by Gasteiger charge is -2.26. The zero-order chi connectivity index (χ0) is 27.9. The van der Waals surface area contributed by atoms with Crippen molar-refractivity contribution in [1.29, 1.82) is 0 Å². The topological polar surface area (TPSA) is 209 Å². The molecule has 0 radical (unpaired) electrons. The summed E-state index contributed by atoms with van der Waals surface area (Å²) in [4.78, 5) is 36.1. The number of halogens is 2. The molecule has 0 spiro atoms. The molecule has 1 aromatic carbocycles. The van der Waals surface area contributed by atoms with Crippen molar-refractivity contribution in [3.8, 4) is 11.3 Å². The van der Waals surface area contributed by atoms with Crippen LogP contribution in [-0.2, 0) is 25.5 Å². The second kappa shape index (κ2) is 10.2. The molecule has 1 aliphatic heterocycles. The largest absolute Gasteiger partial charge is 0.479 e.